The molecule has 126 valence electrons. The minimum Gasteiger partial charge on any atom is -0.381 e. The predicted molar refractivity (Wildman–Crippen MR) is 89.5 cm³/mol. The van der Waals surface area contributed by atoms with E-state index in [4.69, 9.17) is 0 Å². The van der Waals surface area contributed by atoms with Crippen LogP contribution in [0.15, 0.2) is 41.6 Å². The molecule has 1 N–H and O–H groups in total. The summed E-state index contributed by atoms with van der Waals surface area (Å²) in [5.74, 6) is -0.262. The van der Waals surface area contributed by atoms with Crippen molar-refractivity contribution in [1.82, 2.24) is 14.5 Å². The number of amides is 1. The molecule has 0 bridgehead atoms. The highest BCUT2D eigenvalue weighted by Crippen LogP contribution is 2.24. The standard InChI is InChI=1S/C18H21N3O3/c1-18(2,24)17(23)20-9-7-15-13(10-20)4-3-5-14(15)11-21-12-19-8-6-16(21)22/h3-6,8,12,24H,7,9-11H2,1-2H3. The second-order valence-corrected chi connectivity index (χ2v) is 6.64. The largest absolute Gasteiger partial charge is 0.381 e. The number of aromatic nitrogens is 2. The fourth-order valence-electron chi connectivity index (χ4n) is 3.08. The minimum atomic E-state index is -1.36. The van der Waals surface area contributed by atoms with Crippen LogP contribution in [0.25, 0.3) is 0 Å². The van der Waals surface area contributed by atoms with Gasteiger partial charge in [0.1, 0.15) is 5.60 Å². The number of hydrogen-bond acceptors (Lipinski definition) is 4. The zero-order chi connectivity index (χ0) is 17.3. The summed E-state index contributed by atoms with van der Waals surface area (Å²) in [4.78, 5) is 29.8. The van der Waals surface area contributed by atoms with Crippen molar-refractivity contribution in [3.63, 3.8) is 0 Å². The van der Waals surface area contributed by atoms with Crippen molar-refractivity contribution in [2.45, 2.75) is 39.0 Å². The van der Waals surface area contributed by atoms with E-state index in [2.05, 4.69) is 4.98 Å². The molecule has 1 amide bonds. The van der Waals surface area contributed by atoms with Crippen molar-refractivity contribution in [1.29, 1.82) is 0 Å². The Labute approximate surface area is 140 Å². The molecule has 0 aliphatic carbocycles. The van der Waals surface area contributed by atoms with Gasteiger partial charge in [0.05, 0.1) is 12.9 Å². The maximum absolute atomic E-state index is 12.3. The lowest BCUT2D eigenvalue weighted by Gasteiger charge is -2.33. The predicted octanol–water partition coefficient (Wildman–Crippen LogP) is 0.947. The number of carbonyl (C=O) groups excluding carboxylic acids is 1. The Morgan fingerprint density at radius 1 is 1.33 bits per heavy atom. The molecule has 2 heterocycles. The third-order valence-electron chi connectivity index (χ3n) is 4.31. The molecule has 1 aromatic carbocycles. The van der Waals surface area contributed by atoms with Gasteiger partial charge in [0, 0.05) is 25.4 Å². The Hall–Kier alpha value is -2.47. The first kappa shape index (κ1) is 16.4. The average molecular weight is 327 g/mol. The lowest BCUT2D eigenvalue weighted by Crippen LogP contribution is -2.47. The van der Waals surface area contributed by atoms with Crippen molar-refractivity contribution >= 4 is 5.91 Å². The van der Waals surface area contributed by atoms with Crippen molar-refractivity contribution in [3.8, 4) is 0 Å². The molecule has 1 aromatic heterocycles. The Morgan fingerprint density at radius 2 is 2.12 bits per heavy atom. The summed E-state index contributed by atoms with van der Waals surface area (Å²) in [6, 6.07) is 7.38. The van der Waals surface area contributed by atoms with Crippen LogP contribution in [0.4, 0.5) is 0 Å². The fraction of sp³-hybridized carbons (Fsp3) is 0.389. The third kappa shape index (κ3) is 3.23. The van der Waals surface area contributed by atoms with Crippen LogP contribution < -0.4 is 5.56 Å². The van der Waals surface area contributed by atoms with Gasteiger partial charge in [0.2, 0.25) is 0 Å². The van der Waals surface area contributed by atoms with E-state index in [-0.39, 0.29) is 11.5 Å². The molecular weight excluding hydrogens is 306 g/mol. The van der Waals surface area contributed by atoms with Gasteiger partial charge in [0.25, 0.3) is 11.5 Å². The van der Waals surface area contributed by atoms with E-state index < -0.39 is 5.60 Å². The summed E-state index contributed by atoms with van der Waals surface area (Å²) >= 11 is 0. The van der Waals surface area contributed by atoms with Crippen molar-refractivity contribution in [3.05, 3.63) is 63.8 Å². The van der Waals surface area contributed by atoms with E-state index in [9.17, 15) is 14.7 Å². The molecule has 0 saturated carbocycles. The Morgan fingerprint density at radius 3 is 2.83 bits per heavy atom. The van der Waals surface area contributed by atoms with E-state index in [1.165, 1.54) is 38.0 Å². The van der Waals surface area contributed by atoms with Crippen LogP contribution in [0, 0.1) is 0 Å². The number of hydrogen-bond donors (Lipinski definition) is 1. The highest BCUT2D eigenvalue weighted by atomic mass is 16.3. The summed E-state index contributed by atoms with van der Waals surface area (Å²) in [6.07, 6.45) is 3.73. The summed E-state index contributed by atoms with van der Waals surface area (Å²) in [6.45, 7) is 4.53. The molecule has 1 aliphatic rings. The van der Waals surface area contributed by atoms with Crippen LogP contribution >= 0.6 is 0 Å². The maximum atomic E-state index is 12.3. The van der Waals surface area contributed by atoms with Crippen molar-refractivity contribution in [2.24, 2.45) is 0 Å². The van der Waals surface area contributed by atoms with E-state index in [0.29, 0.717) is 26.1 Å². The number of nitrogens with zero attached hydrogens (tertiary/aromatic N) is 3. The van der Waals surface area contributed by atoms with Crippen LogP contribution in [0.3, 0.4) is 0 Å². The highest BCUT2D eigenvalue weighted by molar-refractivity contribution is 5.84. The van der Waals surface area contributed by atoms with Crippen LogP contribution in [0.1, 0.15) is 30.5 Å². The Bertz CT molecular complexity index is 821. The Balaban J connectivity index is 1.87. The third-order valence-corrected chi connectivity index (χ3v) is 4.31. The molecule has 0 atom stereocenters. The van der Waals surface area contributed by atoms with Gasteiger partial charge in [-0.05, 0) is 37.0 Å². The van der Waals surface area contributed by atoms with Crippen molar-refractivity contribution in [2.75, 3.05) is 6.54 Å². The average Bonchev–Trinajstić information content (AvgIpc) is 2.55. The molecule has 6 nitrogen and oxygen atoms in total. The number of rotatable bonds is 3. The molecule has 1 aliphatic heterocycles. The van der Waals surface area contributed by atoms with Crippen LogP contribution in [-0.4, -0.2) is 37.6 Å². The quantitative estimate of drug-likeness (QED) is 0.911. The summed E-state index contributed by atoms with van der Waals surface area (Å²) < 4.78 is 1.57. The van der Waals surface area contributed by atoms with Gasteiger partial charge in [-0.2, -0.15) is 0 Å². The van der Waals surface area contributed by atoms with Gasteiger partial charge in [-0.3, -0.25) is 14.2 Å². The van der Waals surface area contributed by atoms with E-state index >= 15 is 0 Å². The molecule has 3 rings (SSSR count). The topological polar surface area (TPSA) is 75.4 Å². The first-order valence-electron chi connectivity index (χ1n) is 7.98. The molecular formula is C18H21N3O3. The lowest BCUT2D eigenvalue weighted by molar-refractivity contribution is -0.148. The van der Waals surface area contributed by atoms with Gasteiger partial charge >= 0.3 is 0 Å². The molecule has 6 heteroatoms. The second-order valence-electron chi connectivity index (χ2n) is 6.64. The zero-order valence-corrected chi connectivity index (χ0v) is 13.9. The molecule has 0 unspecified atom stereocenters. The second kappa shape index (κ2) is 6.20. The van der Waals surface area contributed by atoms with E-state index in [0.717, 1.165) is 11.1 Å². The summed E-state index contributed by atoms with van der Waals surface area (Å²) in [5, 5.41) is 9.93. The first-order valence-corrected chi connectivity index (χ1v) is 7.98. The van der Waals surface area contributed by atoms with E-state index in [1.807, 2.05) is 18.2 Å². The first-order chi connectivity index (χ1) is 11.4. The van der Waals surface area contributed by atoms with Gasteiger partial charge in [0.15, 0.2) is 0 Å². The smallest absolute Gasteiger partial charge is 0.254 e. The monoisotopic (exact) mass is 327 g/mol. The molecule has 0 saturated heterocycles. The Kier molecular flexibility index (Phi) is 4.24. The SMILES string of the molecule is CC(C)(O)C(=O)N1CCc2c(cccc2Cn2cnccc2=O)C1. The summed E-state index contributed by atoms with van der Waals surface area (Å²) in [5.41, 5.74) is 1.86. The van der Waals surface area contributed by atoms with Crippen LogP contribution in [0.5, 0.6) is 0 Å². The van der Waals surface area contributed by atoms with Gasteiger partial charge in [-0.25, -0.2) is 4.98 Å². The number of aliphatic hydroxyl groups is 1. The number of benzene rings is 1. The lowest BCUT2D eigenvalue weighted by atomic mass is 9.93. The normalized spacial score (nSPS) is 14.4. The highest BCUT2D eigenvalue weighted by Gasteiger charge is 2.31. The maximum Gasteiger partial charge on any atom is 0.254 e. The molecule has 0 spiro atoms. The molecule has 0 radical (unpaired) electrons. The molecule has 2 aromatic rings. The van der Waals surface area contributed by atoms with Gasteiger partial charge in [-0.1, -0.05) is 18.2 Å². The van der Waals surface area contributed by atoms with E-state index in [1.54, 1.807) is 9.47 Å². The molecule has 24 heavy (non-hydrogen) atoms. The zero-order valence-electron chi connectivity index (χ0n) is 13.9. The van der Waals surface area contributed by atoms with Crippen LogP contribution in [-0.2, 0) is 24.3 Å². The fourth-order valence-corrected chi connectivity index (χ4v) is 3.08. The molecule has 0 fully saturated rings. The van der Waals surface area contributed by atoms with Gasteiger partial charge in [-0.15, -0.1) is 0 Å². The van der Waals surface area contributed by atoms with Crippen LogP contribution in [0.2, 0.25) is 0 Å². The number of carbonyl (C=O) groups is 1. The number of fused-ring (bicyclic) bond motifs is 1. The summed E-state index contributed by atoms with van der Waals surface area (Å²) in [7, 11) is 0. The van der Waals surface area contributed by atoms with Crippen molar-refractivity contribution < 1.29 is 9.90 Å². The minimum absolute atomic E-state index is 0.0859. The van der Waals surface area contributed by atoms with Gasteiger partial charge < -0.3 is 10.0 Å².